The molecule has 7 heteroatoms. The van der Waals surface area contributed by atoms with Crippen molar-refractivity contribution in [3.8, 4) is 11.5 Å². The van der Waals surface area contributed by atoms with Crippen LogP contribution in [0.1, 0.15) is 15.9 Å². The number of aryl methyl sites for hydroxylation is 1. The number of aromatic hydroxyl groups is 1. The fourth-order valence-corrected chi connectivity index (χ4v) is 2.17. The number of carbonyl (C=O) groups is 2. The molecule has 0 heterocycles. The van der Waals surface area contributed by atoms with Gasteiger partial charge in [-0.2, -0.15) is 0 Å². The molecule has 0 saturated carbocycles. The molecule has 0 aliphatic carbocycles. The van der Waals surface area contributed by atoms with Crippen LogP contribution in [0.15, 0.2) is 42.5 Å². The molecule has 0 atom stereocenters. The molecule has 6 nitrogen and oxygen atoms in total. The molecule has 0 radical (unpaired) electrons. The van der Waals surface area contributed by atoms with Gasteiger partial charge in [0.15, 0.2) is 6.61 Å². The van der Waals surface area contributed by atoms with E-state index in [9.17, 15) is 14.7 Å². The zero-order valence-electron chi connectivity index (χ0n) is 13.6. The van der Waals surface area contributed by atoms with E-state index in [0.29, 0.717) is 0 Å². The van der Waals surface area contributed by atoms with E-state index in [4.69, 9.17) is 21.1 Å². The van der Waals surface area contributed by atoms with Gasteiger partial charge in [0, 0.05) is 5.02 Å². The molecule has 0 aromatic heterocycles. The zero-order chi connectivity index (χ0) is 18.2. The summed E-state index contributed by atoms with van der Waals surface area (Å²) in [6.45, 7) is 2.06. The number of amides is 1. The van der Waals surface area contributed by atoms with Crippen LogP contribution in [0.4, 0.5) is 0 Å². The lowest BCUT2D eigenvalue weighted by atomic mass is 10.2. The van der Waals surface area contributed by atoms with E-state index in [1.54, 1.807) is 0 Å². The summed E-state index contributed by atoms with van der Waals surface area (Å²) in [6, 6.07) is 11.5. The third kappa shape index (κ3) is 6.00. The zero-order valence-corrected chi connectivity index (χ0v) is 14.4. The van der Waals surface area contributed by atoms with Crippen LogP contribution in [0.5, 0.6) is 11.5 Å². The summed E-state index contributed by atoms with van der Waals surface area (Å²) in [7, 11) is 0. The molecule has 2 rings (SSSR count). The molecule has 2 N–H and O–H groups in total. The highest BCUT2D eigenvalue weighted by atomic mass is 35.5. The second kappa shape index (κ2) is 8.94. The van der Waals surface area contributed by atoms with Gasteiger partial charge in [-0.15, -0.1) is 0 Å². The minimum absolute atomic E-state index is 0.0944. The molecule has 2 aromatic rings. The van der Waals surface area contributed by atoms with Crippen LogP contribution in [0.3, 0.4) is 0 Å². The highest BCUT2D eigenvalue weighted by Crippen LogP contribution is 2.22. The summed E-state index contributed by atoms with van der Waals surface area (Å²) in [5.74, 6) is -0.840. The van der Waals surface area contributed by atoms with Crippen LogP contribution >= 0.6 is 11.6 Å². The number of hydrogen-bond acceptors (Lipinski definition) is 5. The number of ether oxygens (including phenoxy) is 2. The summed E-state index contributed by atoms with van der Waals surface area (Å²) in [5, 5.41) is 12.4. The quantitative estimate of drug-likeness (QED) is 0.583. The van der Waals surface area contributed by atoms with Crippen molar-refractivity contribution in [3.63, 3.8) is 0 Å². The van der Waals surface area contributed by atoms with Crippen LogP contribution in [0.2, 0.25) is 5.02 Å². The van der Waals surface area contributed by atoms with Gasteiger partial charge in [0.05, 0.1) is 6.54 Å². The van der Waals surface area contributed by atoms with Gasteiger partial charge in [0.25, 0.3) is 5.91 Å². The first-order chi connectivity index (χ1) is 12.0. The number of phenolic OH excluding ortho intramolecular Hbond substituents is 1. The van der Waals surface area contributed by atoms with Gasteiger partial charge in [0.2, 0.25) is 0 Å². The summed E-state index contributed by atoms with van der Waals surface area (Å²) in [4.78, 5) is 23.5. The minimum Gasteiger partial charge on any atom is -0.507 e. The monoisotopic (exact) mass is 363 g/mol. The molecule has 0 aliphatic heterocycles. The van der Waals surface area contributed by atoms with Crippen LogP contribution in [-0.4, -0.2) is 36.7 Å². The van der Waals surface area contributed by atoms with Gasteiger partial charge in [-0.25, -0.2) is 4.79 Å². The van der Waals surface area contributed by atoms with Crippen molar-refractivity contribution in [1.82, 2.24) is 5.32 Å². The van der Waals surface area contributed by atoms with E-state index < -0.39 is 18.5 Å². The average molecular weight is 364 g/mol. The van der Waals surface area contributed by atoms with Crippen molar-refractivity contribution in [3.05, 3.63) is 58.6 Å². The van der Waals surface area contributed by atoms with Gasteiger partial charge < -0.3 is 19.9 Å². The molecule has 0 bridgehead atoms. The van der Waals surface area contributed by atoms with E-state index in [0.717, 1.165) is 11.3 Å². The number of carbonyl (C=O) groups excluding carboxylic acids is 2. The molecular weight excluding hydrogens is 346 g/mol. The number of hydrogen-bond donors (Lipinski definition) is 2. The Hall–Kier alpha value is -2.73. The van der Waals surface area contributed by atoms with Crippen LogP contribution in [0, 0.1) is 6.92 Å². The number of benzene rings is 2. The standard InChI is InChI=1S/C18H18ClNO5/c1-12-3-2-4-14(9-12)24-8-7-20-17(22)11-25-18(23)15-10-13(19)5-6-16(15)21/h2-6,9-10,21H,7-8,11H2,1H3,(H,20,22). The van der Waals surface area contributed by atoms with Crippen LogP contribution < -0.4 is 10.1 Å². The number of esters is 1. The van der Waals surface area contributed by atoms with Crippen molar-refractivity contribution in [1.29, 1.82) is 0 Å². The topological polar surface area (TPSA) is 84.9 Å². The van der Waals surface area contributed by atoms with Gasteiger partial charge in [-0.1, -0.05) is 23.7 Å². The number of nitrogens with one attached hydrogen (secondary N) is 1. The summed E-state index contributed by atoms with van der Waals surface area (Å²) < 4.78 is 10.3. The van der Waals surface area contributed by atoms with Gasteiger partial charge in [0.1, 0.15) is 23.7 Å². The lowest BCUT2D eigenvalue weighted by molar-refractivity contribution is -0.124. The Balaban J connectivity index is 1.70. The lowest BCUT2D eigenvalue weighted by Crippen LogP contribution is -2.32. The minimum atomic E-state index is -0.828. The molecule has 0 spiro atoms. The molecule has 25 heavy (non-hydrogen) atoms. The van der Waals surface area contributed by atoms with Crippen LogP contribution in [0.25, 0.3) is 0 Å². The Morgan fingerprint density at radius 2 is 2.00 bits per heavy atom. The highest BCUT2D eigenvalue weighted by molar-refractivity contribution is 6.31. The Bertz CT molecular complexity index is 763. The average Bonchev–Trinajstić information content (AvgIpc) is 2.59. The van der Waals surface area contributed by atoms with E-state index in [-0.39, 0.29) is 29.5 Å². The first-order valence-corrected chi connectivity index (χ1v) is 7.95. The summed E-state index contributed by atoms with van der Waals surface area (Å²) >= 11 is 5.76. The maximum absolute atomic E-state index is 11.8. The van der Waals surface area contributed by atoms with E-state index in [1.807, 2.05) is 31.2 Å². The first-order valence-electron chi connectivity index (χ1n) is 7.57. The SMILES string of the molecule is Cc1cccc(OCCNC(=O)COC(=O)c2cc(Cl)ccc2O)c1. The van der Waals surface area contributed by atoms with Gasteiger partial charge >= 0.3 is 5.97 Å². The van der Waals surface area contributed by atoms with Gasteiger partial charge in [-0.3, -0.25) is 4.79 Å². The molecule has 132 valence electrons. The summed E-state index contributed by atoms with van der Waals surface area (Å²) in [5.41, 5.74) is 0.987. The molecule has 0 aliphatic rings. The molecule has 0 fully saturated rings. The fourth-order valence-electron chi connectivity index (χ4n) is 2.00. The van der Waals surface area contributed by atoms with Crippen molar-refractivity contribution in [2.24, 2.45) is 0 Å². The van der Waals surface area contributed by atoms with E-state index in [1.165, 1.54) is 18.2 Å². The van der Waals surface area contributed by atoms with Crippen molar-refractivity contribution in [2.75, 3.05) is 19.8 Å². The normalized spacial score (nSPS) is 10.2. The largest absolute Gasteiger partial charge is 0.507 e. The molecular formula is C18H18ClNO5. The lowest BCUT2D eigenvalue weighted by Gasteiger charge is -2.09. The maximum atomic E-state index is 11.8. The van der Waals surface area contributed by atoms with Crippen molar-refractivity contribution >= 4 is 23.5 Å². The highest BCUT2D eigenvalue weighted by Gasteiger charge is 2.14. The summed E-state index contributed by atoms with van der Waals surface area (Å²) in [6.07, 6.45) is 0. The molecule has 2 aromatic carbocycles. The third-order valence-electron chi connectivity index (χ3n) is 3.20. The Labute approximate surface area is 150 Å². The van der Waals surface area contributed by atoms with Crippen LogP contribution in [-0.2, 0) is 9.53 Å². The van der Waals surface area contributed by atoms with Crippen molar-refractivity contribution < 1.29 is 24.2 Å². The number of rotatable bonds is 7. The fraction of sp³-hybridized carbons (Fsp3) is 0.222. The maximum Gasteiger partial charge on any atom is 0.342 e. The van der Waals surface area contributed by atoms with Crippen molar-refractivity contribution in [2.45, 2.75) is 6.92 Å². The Morgan fingerprint density at radius 3 is 2.76 bits per heavy atom. The van der Waals surface area contributed by atoms with E-state index >= 15 is 0 Å². The smallest absolute Gasteiger partial charge is 0.342 e. The third-order valence-corrected chi connectivity index (χ3v) is 3.43. The molecule has 0 saturated heterocycles. The predicted octanol–water partition coefficient (Wildman–Crippen LogP) is 2.71. The second-order valence-electron chi connectivity index (χ2n) is 5.25. The molecule has 1 amide bonds. The predicted molar refractivity (Wildman–Crippen MR) is 93.1 cm³/mol. The number of halogens is 1. The Morgan fingerprint density at radius 1 is 1.20 bits per heavy atom. The second-order valence-corrected chi connectivity index (χ2v) is 5.69. The van der Waals surface area contributed by atoms with E-state index in [2.05, 4.69) is 5.32 Å². The molecule has 0 unspecified atom stereocenters. The van der Waals surface area contributed by atoms with Gasteiger partial charge in [-0.05, 0) is 42.8 Å². The first kappa shape index (κ1) is 18.6. The Kier molecular flexibility index (Phi) is 6.65. The number of phenols is 1.